The van der Waals surface area contributed by atoms with Crippen LogP contribution in [0.5, 0.6) is 0 Å². The highest BCUT2D eigenvalue weighted by Crippen LogP contribution is 2.43. The van der Waals surface area contributed by atoms with E-state index in [9.17, 15) is 4.79 Å². The molecule has 3 heterocycles. The second-order valence-corrected chi connectivity index (χ2v) is 9.11. The lowest BCUT2D eigenvalue weighted by atomic mass is 9.88. The second-order valence-electron chi connectivity index (χ2n) is 7.64. The summed E-state index contributed by atoms with van der Waals surface area (Å²) in [6, 6.07) is 9.78. The smallest absolute Gasteiger partial charge is 0.256 e. The van der Waals surface area contributed by atoms with Crippen molar-refractivity contribution < 1.29 is 4.79 Å². The normalized spacial score (nSPS) is 20.9. The largest absolute Gasteiger partial charge is 0.352 e. The van der Waals surface area contributed by atoms with Crippen molar-refractivity contribution in [1.82, 2.24) is 15.1 Å². The summed E-state index contributed by atoms with van der Waals surface area (Å²) < 4.78 is 1.72. The zero-order chi connectivity index (χ0) is 19.4. The Kier molecular flexibility index (Phi) is 4.21. The summed E-state index contributed by atoms with van der Waals surface area (Å²) >= 11 is 8.42. The first-order valence-corrected chi connectivity index (χ1v) is 10.7. The van der Waals surface area contributed by atoms with E-state index in [1.165, 1.54) is 10.4 Å². The van der Waals surface area contributed by atoms with E-state index in [0.717, 1.165) is 46.8 Å². The van der Waals surface area contributed by atoms with Crippen molar-refractivity contribution in [2.45, 2.75) is 39.3 Å². The molecule has 0 fully saturated rings. The number of nitrogens with zero attached hydrogens (tertiary/aromatic N) is 2. The predicted octanol–water partition coefficient (Wildman–Crippen LogP) is 4.87. The molecule has 1 aliphatic carbocycles. The first kappa shape index (κ1) is 17.8. The van der Waals surface area contributed by atoms with E-state index in [1.54, 1.807) is 16.0 Å². The number of para-hydroxylation sites is 1. The molecule has 0 unspecified atom stereocenters. The van der Waals surface area contributed by atoms with Crippen LogP contribution in [-0.4, -0.2) is 15.7 Å². The van der Waals surface area contributed by atoms with Gasteiger partial charge in [0.25, 0.3) is 5.91 Å². The van der Waals surface area contributed by atoms with Gasteiger partial charge < -0.3 is 10.6 Å². The molecule has 3 aromatic rings. The Balaban J connectivity index is 1.53. The summed E-state index contributed by atoms with van der Waals surface area (Å²) in [6.45, 7) is 4.20. The fourth-order valence-corrected chi connectivity index (χ4v) is 6.00. The lowest BCUT2D eigenvalue weighted by molar-refractivity contribution is 0.0935. The molecule has 1 aromatic carbocycles. The molecule has 28 heavy (non-hydrogen) atoms. The zero-order valence-electron chi connectivity index (χ0n) is 15.8. The third-order valence-corrected chi connectivity index (χ3v) is 7.18. The van der Waals surface area contributed by atoms with Crippen LogP contribution in [0.25, 0.3) is 5.69 Å². The molecular weight excluding hydrogens is 392 g/mol. The highest BCUT2D eigenvalue weighted by Gasteiger charge is 2.35. The monoisotopic (exact) mass is 412 g/mol. The predicted molar refractivity (Wildman–Crippen MR) is 113 cm³/mol. The van der Waals surface area contributed by atoms with Gasteiger partial charge in [0.2, 0.25) is 0 Å². The number of nitrogens with one attached hydrogen (secondary N) is 2. The minimum Gasteiger partial charge on any atom is -0.352 e. The Morgan fingerprint density at radius 2 is 2.04 bits per heavy atom. The quantitative estimate of drug-likeness (QED) is 0.631. The summed E-state index contributed by atoms with van der Waals surface area (Å²) in [4.78, 5) is 14.3. The van der Waals surface area contributed by atoms with Gasteiger partial charge in [-0.15, -0.1) is 11.3 Å². The van der Waals surface area contributed by atoms with E-state index < -0.39 is 0 Å². The molecule has 5 rings (SSSR count). The van der Waals surface area contributed by atoms with Gasteiger partial charge in [0, 0.05) is 4.88 Å². The standard InChI is InChI=1S/C21H21ClN4OS/c1-11-8-9-14-15(10-11)28-21-17(14)20(27)23-19(24-21)16-12(2)25-26(18(16)22)13-6-4-3-5-7-13/h3-7,11,19,24H,8-10H2,1-2H3,(H,23,27)/t11-,19+/m1/s1. The summed E-state index contributed by atoms with van der Waals surface area (Å²) in [5.41, 5.74) is 4.55. The van der Waals surface area contributed by atoms with E-state index in [4.69, 9.17) is 11.6 Å². The van der Waals surface area contributed by atoms with Crippen molar-refractivity contribution in [1.29, 1.82) is 0 Å². The molecule has 2 aliphatic rings. The molecule has 1 amide bonds. The van der Waals surface area contributed by atoms with Crippen LogP contribution in [0.2, 0.25) is 5.15 Å². The fourth-order valence-electron chi connectivity index (χ4n) is 4.19. The first-order chi connectivity index (χ1) is 13.5. The molecule has 2 atom stereocenters. The maximum atomic E-state index is 13.0. The van der Waals surface area contributed by atoms with Gasteiger partial charge in [-0.1, -0.05) is 36.7 Å². The van der Waals surface area contributed by atoms with Crippen molar-refractivity contribution in [3.8, 4) is 5.69 Å². The molecule has 2 aromatic heterocycles. The van der Waals surface area contributed by atoms with Gasteiger partial charge >= 0.3 is 0 Å². The van der Waals surface area contributed by atoms with Crippen LogP contribution in [0.4, 0.5) is 5.00 Å². The van der Waals surface area contributed by atoms with Gasteiger partial charge in [-0.3, -0.25) is 4.79 Å². The molecule has 7 heteroatoms. The van der Waals surface area contributed by atoms with Crippen molar-refractivity contribution in [2.24, 2.45) is 5.92 Å². The molecule has 2 N–H and O–H groups in total. The Labute approximate surface area is 172 Å². The number of amides is 1. The minimum atomic E-state index is -0.387. The van der Waals surface area contributed by atoms with Gasteiger partial charge in [0.15, 0.2) is 0 Å². The van der Waals surface area contributed by atoms with Crippen LogP contribution in [0.15, 0.2) is 30.3 Å². The lowest BCUT2D eigenvalue weighted by Gasteiger charge is -2.27. The van der Waals surface area contributed by atoms with Crippen LogP contribution in [0.3, 0.4) is 0 Å². The van der Waals surface area contributed by atoms with E-state index >= 15 is 0 Å². The fraction of sp³-hybridized carbons (Fsp3) is 0.333. The van der Waals surface area contributed by atoms with E-state index in [0.29, 0.717) is 11.1 Å². The number of hydrogen-bond donors (Lipinski definition) is 2. The maximum absolute atomic E-state index is 13.0. The van der Waals surface area contributed by atoms with E-state index in [1.807, 2.05) is 37.3 Å². The summed E-state index contributed by atoms with van der Waals surface area (Å²) in [5, 5.41) is 12.7. The van der Waals surface area contributed by atoms with E-state index in [2.05, 4.69) is 22.7 Å². The number of aryl methyl sites for hydroxylation is 1. The van der Waals surface area contributed by atoms with Crippen LogP contribution in [0.1, 0.15) is 51.6 Å². The number of thiophene rings is 1. The molecule has 0 radical (unpaired) electrons. The second kappa shape index (κ2) is 6.64. The average molecular weight is 413 g/mol. The molecule has 0 spiro atoms. The Hall–Kier alpha value is -2.31. The molecule has 1 aliphatic heterocycles. The number of aromatic nitrogens is 2. The van der Waals surface area contributed by atoms with Gasteiger partial charge in [-0.25, -0.2) is 4.68 Å². The number of anilines is 1. The Bertz CT molecular complexity index is 1070. The third kappa shape index (κ3) is 2.74. The number of fused-ring (bicyclic) bond motifs is 3. The molecule has 5 nitrogen and oxygen atoms in total. The number of benzene rings is 1. The number of hydrogen-bond acceptors (Lipinski definition) is 4. The van der Waals surface area contributed by atoms with E-state index in [-0.39, 0.29) is 12.1 Å². The molecule has 0 saturated heterocycles. The van der Waals surface area contributed by atoms with Gasteiger partial charge in [0.05, 0.1) is 22.5 Å². The summed E-state index contributed by atoms with van der Waals surface area (Å²) in [6.07, 6.45) is 2.79. The SMILES string of the molecule is Cc1nn(-c2ccccc2)c(Cl)c1[C@H]1NC(=O)c2c(sc3c2CC[C@@H](C)C3)N1. The first-order valence-electron chi connectivity index (χ1n) is 9.55. The van der Waals surface area contributed by atoms with Crippen LogP contribution < -0.4 is 10.6 Å². The van der Waals surface area contributed by atoms with Crippen LogP contribution in [0, 0.1) is 12.8 Å². The topological polar surface area (TPSA) is 59.0 Å². The Morgan fingerprint density at radius 1 is 1.25 bits per heavy atom. The van der Waals surface area contributed by atoms with Crippen molar-refractivity contribution in [2.75, 3.05) is 5.32 Å². The van der Waals surface area contributed by atoms with Crippen molar-refractivity contribution in [3.63, 3.8) is 0 Å². The van der Waals surface area contributed by atoms with Gasteiger partial charge in [-0.05, 0) is 49.8 Å². The summed E-state index contributed by atoms with van der Waals surface area (Å²) in [5.74, 6) is 0.654. The summed E-state index contributed by atoms with van der Waals surface area (Å²) in [7, 11) is 0. The highest BCUT2D eigenvalue weighted by atomic mass is 35.5. The zero-order valence-corrected chi connectivity index (χ0v) is 17.3. The molecule has 0 saturated carbocycles. The van der Waals surface area contributed by atoms with Crippen LogP contribution in [-0.2, 0) is 12.8 Å². The van der Waals surface area contributed by atoms with Gasteiger partial charge in [-0.2, -0.15) is 5.10 Å². The number of carbonyl (C=O) groups is 1. The van der Waals surface area contributed by atoms with Crippen LogP contribution >= 0.6 is 22.9 Å². The molecule has 0 bridgehead atoms. The number of halogens is 1. The Morgan fingerprint density at radius 3 is 2.82 bits per heavy atom. The number of carbonyl (C=O) groups excluding carboxylic acids is 1. The molecule has 144 valence electrons. The molecular formula is C21H21ClN4OS. The number of rotatable bonds is 2. The van der Waals surface area contributed by atoms with Crippen molar-refractivity contribution in [3.05, 3.63) is 62.7 Å². The van der Waals surface area contributed by atoms with Gasteiger partial charge in [0.1, 0.15) is 16.3 Å². The maximum Gasteiger partial charge on any atom is 0.256 e. The van der Waals surface area contributed by atoms with Crippen molar-refractivity contribution >= 4 is 33.8 Å². The lowest BCUT2D eigenvalue weighted by Crippen LogP contribution is -2.38. The minimum absolute atomic E-state index is 0.0197. The highest BCUT2D eigenvalue weighted by molar-refractivity contribution is 7.16. The average Bonchev–Trinajstić information content (AvgIpc) is 3.18. The third-order valence-electron chi connectivity index (χ3n) is 5.63.